The van der Waals surface area contributed by atoms with Gasteiger partial charge in [-0.25, -0.2) is 0 Å². The summed E-state index contributed by atoms with van der Waals surface area (Å²) in [6.07, 6.45) is 9.25. The van der Waals surface area contributed by atoms with E-state index in [9.17, 15) is 0 Å². The van der Waals surface area contributed by atoms with E-state index < -0.39 is 0 Å². The zero-order valence-corrected chi connectivity index (χ0v) is 11.7. The molecule has 2 atom stereocenters. The van der Waals surface area contributed by atoms with Crippen LogP contribution in [0, 0.1) is 5.92 Å². The maximum absolute atomic E-state index is 6.15. The molecule has 3 rings (SSSR count). The smallest absolute Gasteiger partial charge is 0.0720 e. The molecular formula is C17H25NO. The van der Waals surface area contributed by atoms with Crippen molar-refractivity contribution < 1.29 is 4.74 Å². The molecule has 2 unspecified atom stereocenters. The zero-order valence-electron chi connectivity index (χ0n) is 11.7. The van der Waals surface area contributed by atoms with Crippen LogP contribution in [0.3, 0.4) is 0 Å². The topological polar surface area (TPSA) is 35.2 Å². The van der Waals surface area contributed by atoms with E-state index in [1.54, 1.807) is 11.1 Å². The van der Waals surface area contributed by atoms with Gasteiger partial charge >= 0.3 is 0 Å². The van der Waals surface area contributed by atoms with E-state index >= 15 is 0 Å². The summed E-state index contributed by atoms with van der Waals surface area (Å²) in [4.78, 5) is 0. The molecule has 0 radical (unpaired) electrons. The zero-order chi connectivity index (χ0) is 13.1. The number of fused-ring (bicyclic) bond motifs is 1. The van der Waals surface area contributed by atoms with Crippen LogP contribution in [-0.2, 0) is 24.2 Å². The van der Waals surface area contributed by atoms with Gasteiger partial charge < -0.3 is 10.5 Å². The summed E-state index contributed by atoms with van der Waals surface area (Å²) >= 11 is 0. The molecule has 0 bridgehead atoms. The predicted molar refractivity (Wildman–Crippen MR) is 78.1 cm³/mol. The minimum atomic E-state index is 0.381. The Kier molecular flexibility index (Phi) is 4.19. The second-order valence-electron chi connectivity index (χ2n) is 6.09. The molecule has 2 N–H and O–H groups in total. The van der Waals surface area contributed by atoms with Crippen molar-refractivity contribution in [3.63, 3.8) is 0 Å². The third-order valence-corrected chi connectivity index (χ3v) is 4.77. The molecule has 0 aromatic heterocycles. The van der Waals surface area contributed by atoms with Gasteiger partial charge in [0.25, 0.3) is 0 Å². The number of rotatable bonds is 4. The van der Waals surface area contributed by atoms with Crippen LogP contribution in [0.2, 0.25) is 0 Å². The number of ether oxygens (including phenoxy) is 1. The molecule has 2 aliphatic carbocycles. The van der Waals surface area contributed by atoms with Gasteiger partial charge in [0.05, 0.1) is 12.7 Å². The third-order valence-electron chi connectivity index (χ3n) is 4.77. The van der Waals surface area contributed by atoms with Gasteiger partial charge in [-0.15, -0.1) is 0 Å². The van der Waals surface area contributed by atoms with Crippen LogP contribution < -0.4 is 5.73 Å². The van der Waals surface area contributed by atoms with E-state index in [2.05, 4.69) is 18.2 Å². The maximum Gasteiger partial charge on any atom is 0.0720 e. The second-order valence-corrected chi connectivity index (χ2v) is 6.09. The van der Waals surface area contributed by atoms with Crippen LogP contribution in [-0.4, -0.2) is 12.6 Å². The molecule has 0 aliphatic heterocycles. The molecule has 0 amide bonds. The first-order chi connectivity index (χ1) is 9.36. The average molecular weight is 259 g/mol. The molecule has 1 fully saturated rings. The number of nitrogens with two attached hydrogens (primary N) is 1. The Labute approximate surface area is 116 Å². The van der Waals surface area contributed by atoms with E-state index in [-0.39, 0.29) is 0 Å². The van der Waals surface area contributed by atoms with Crippen LogP contribution in [0.25, 0.3) is 0 Å². The Morgan fingerprint density at radius 2 is 1.89 bits per heavy atom. The Morgan fingerprint density at radius 1 is 1.05 bits per heavy atom. The largest absolute Gasteiger partial charge is 0.373 e. The highest BCUT2D eigenvalue weighted by Gasteiger charge is 2.24. The monoisotopic (exact) mass is 259 g/mol. The van der Waals surface area contributed by atoms with Gasteiger partial charge in [-0.05, 0) is 61.3 Å². The van der Waals surface area contributed by atoms with Crippen molar-refractivity contribution in [2.24, 2.45) is 11.7 Å². The standard InChI is InChI=1S/C17H25NO/c18-11-16-4-1-2-7-17(16)19-12-13-8-9-14-5-3-6-15(14)10-13/h8-10,16-17H,1-7,11-12,18H2. The lowest BCUT2D eigenvalue weighted by Crippen LogP contribution is -2.33. The van der Waals surface area contributed by atoms with E-state index in [4.69, 9.17) is 10.5 Å². The summed E-state index contributed by atoms with van der Waals surface area (Å²) in [5, 5.41) is 0. The number of hydrogen-bond donors (Lipinski definition) is 1. The van der Waals surface area contributed by atoms with Crippen molar-refractivity contribution in [2.45, 2.75) is 57.7 Å². The quantitative estimate of drug-likeness (QED) is 0.901. The molecule has 1 aromatic rings. The van der Waals surface area contributed by atoms with Crippen LogP contribution in [0.5, 0.6) is 0 Å². The number of benzene rings is 1. The SMILES string of the molecule is NCC1CCCCC1OCc1ccc2c(c1)CCC2. The second kappa shape index (κ2) is 6.06. The first-order valence-electron chi connectivity index (χ1n) is 7.79. The summed E-state index contributed by atoms with van der Waals surface area (Å²) in [5.74, 6) is 0.572. The minimum Gasteiger partial charge on any atom is -0.373 e. The van der Waals surface area contributed by atoms with Gasteiger partial charge in [0.2, 0.25) is 0 Å². The Balaban J connectivity index is 1.59. The fourth-order valence-electron chi connectivity index (χ4n) is 3.58. The highest BCUT2D eigenvalue weighted by atomic mass is 16.5. The molecule has 2 aliphatic rings. The fourth-order valence-corrected chi connectivity index (χ4v) is 3.58. The highest BCUT2D eigenvalue weighted by Crippen LogP contribution is 2.28. The molecule has 2 heteroatoms. The van der Waals surface area contributed by atoms with Crippen molar-refractivity contribution in [3.05, 3.63) is 34.9 Å². The van der Waals surface area contributed by atoms with Crippen molar-refractivity contribution in [2.75, 3.05) is 6.54 Å². The van der Waals surface area contributed by atoms with Crippen molar-refractivity contribution in [1.29, 1.82) is 0 Å². The Morgan fingerprint density at radius 3 is 2.79 bits per heavy atom. The fraction of sp³-hybridized carbons (Fsp3) is 0.647. The van der Waals surface area contributed by atoms with Crippen molar-refractivity contribution in [1.82, 2.24) is 0 Å². The first-order valence-corrected chi connectivity index (χ1v) is 7.79. The molecule has 0 heterocycles. The average Bonchev–Trinajstić information content (AvgIpc) is 2.93. The summed E-state index contributed by atoms with van der Waals surface area (Å²) < 4.78 is 6.15. The van der Waals surface area contributed by atoms with Crippen molar-refractivity contribution >= 4 is 0 Å². The molecule has 0 spiro atoms. The molecule has 2 nitrogen and oxygen atoms in total. The van der Waals surface area contributed by atoms with E-state index in [1.165, 1.54) is 50.5 Å². The van der Waals surface area contributed by atoms with Gasteiger partial charge in [-0.3, -0.25) is 0 Å². The van der Waals surface area contributed by atoms with Crippen LogP contribution in [0.15, 0.2) is 18.2 Å². The summed E-state index contributed by atoms with van der Waals surface area (Å²) in [5.41, 5.74) is 10.3. The molecule has 0 saturated heterocycles. The van der Waals surface area contributed by atoms with E-state index in [0.29, 0.717) is 12.0 Å². The molecule has 104 valence electrons. The van der Waals surface area contributed by atoms with Crippen LogP contribution in [0.1, 0.15) is 48.8 Å². The van der Waals surface area contributed by atoms with Crippen molar-refractivity contribution in [3.8, 4) is 0 Å². The summed E-state index contributed by atoms with van der Waals surface area (Å²) in [6, 6.07) is 6.88. The van der Waals surface area contributed by atoms with Gasteiger partial charge in [0, 0.05) is 0 Å². The predicted octanol–water partition coefficient (Wildman–Crippen LogP) is 3.21. The number of hydrogen-bond acceptors (Lipinski definition) is 2. The Bertz CT molecular complexity index is 429. The van der Waals surface area contributed by atoms with Gasteiger partial charge in [0.15, 0.2) is 0 Å². The lowest BCUT2D eigenvalue weighted by atomic mass is 9.86. The highest BCUT2D eigenvalue weighted by molar-refractivity contribution is 5.35. The lowest BCUT2D eigenvalue weighted by molar-refractivity contribution is -0.0183. The lowest BCUT2D eigenvalue weighted by Gasteiger charge is -2.30. The third kappa shape index (κ3) is 3.01. The summed E-state index contributed by atoms with van der Waals surface area (Å²) in [6.45, 7) is 1.53. The van der Waals surface area contributed by atoms with Crippen LogP contribution in [0.4, 0.5) is 0 Å². The Hall–Kier alpha value is -0.860. The molecule has 19 heavy (non-hydrogen) atoms. The first kappa shape index (κ1) is 13.1. The molecular weight excluding hydrogens is 234 g/mol. The van der Waals surface area contributed by atoms with Crippen LogP contribution >= 0.6 is 0 Å². The minimum absolute atomic E-state index is 0.381. The molecule has 1 aromatic carbocycles. The maximum atomic E-state index is 6.15. The van der Waals surface area contributed by atoms with E-state index in [1.807, 2.05) is 0 Å². The summed E-state index contributed by atoms with van der Waals surface area (Å²) in [7, 11) is 0. The van der Waals surface area contributed by atoms with Gasteiger partial charge in [-0.2, -0.15) is 0 Å². The molecule has 1 saturated carbocycles. The van der Waals surface area contributed by atoms with Gasteiger partial charge in [0.1, 0.15) is 0 Å². The number of aryl methyl sites for hydroxylation is 2. The van der Waals surface area contributed by atoms with Gasteiger partial charge in [-0.1, -0.05) is 31.0 Å². The normalized spacial score (nSPS) is 26.4. The van der Waals surface area contributed by atoms with E-state index in [0.717, 1.165) is 13.2 Å².